The van der Waals surface area contributed by atoms with Gasteiger partial charge in [0.05, 0.1) is 11.9 Å². The highest BCUT2D eigenvalue weighted by Crippen LogP contribution is 2.10. The molecule has 2 aromatic rings. The maximum absolute atomic E-state index is 10.4. The van der Waals surface area contributed by atoms with E-state index in [9.17, 15) is 4.79 Å². The highest BCUT2D eigenvalue weighted by Gasteiger charge is 2.18. The molecule has 1 amide bonds. The molecule has 0 saturated carbocycles. The van der Waals surface area contributed by atoms with Gasteiger partial charge in [-0.1, -0.05) is 0 Å². The molecular formula is C16H23N7O. The van der Waals surface area contributed by atoms with E-state index in [-0.39, 0.29) is 0 Å². The number of carbonyl (C=O) groups excluding carboxylic acids is 1. The van der Waals surface area contributed by atoms with Crippen molar-refractivity contribution < 1.29 is 4.79 Å². The van der Waals surface area contributed by atoms with Crippen molar-refractivity contribution in [1.82, 2.24) is 24.6 Å². The van der Waals surface area contributed by atoms with Gasteiger partial charge in [0.2, 0.25) is 12.4 Å². The van der Waals surface area contributed by atoms with Crippen LogP contribution in [0.25, 0.3) is 0 Å². The molecule has 1 fully saturated rings. The molecule has 0 bridgehead atoms. The number of hydrogen-bond donors (Lipinski definition) is 1. The molecule has 128 valence electrons. The zero-order valence-electron chi connectivity index (χ0n) is 13.7. The summed E-state index contributed by atoms with van der Waals surface area (Å²) in [5.41, 5.74) is 0.740. The molecule has 3 heterocycles. The van der Waals surface area contributed by atoms with Gasteiger partial charge in [-0.2, -0.15) is 5.10 Å². The Labute approximate surface area is 141 Å². The standard InChI is InChI=1S/C16H23N7O/c24-14-19-15-12-20-23(13-15)7-2-1-6-21-8-10-22(11-9-21)16-17-4-3-5-18-16/h3-5,12-14H,1-2,6-11H2,(H,19,24). The van der Waals surface area contributed by atoms with Crippen molar-refractivity contribution in [3.63, 3.8) is 0 Å². The minimum atomic E-state index is 0.668. The molecule has 1 aliphatic rings. The topological polar surface area (TPSA) is 79.2 Å². The molecule has 3 rings (SSSR count). The van der Waals surface area contributed by atoms with Crippen LogP contribution in [0.1, 0.15) is 12.8 Å². The molecule has 1 N–H and O–H groups in total. The van der Waals surface area contributed by atoms with Crippen LogP contribution in [0.3, 0.4) is 0 Å². The minimum absolute atomic E-state index is 0.668. The lowest BCUT2D eigenvalue weighted by atomic mass is 10.2. The maximum Gasteiger partial charge on any atom is 0.225 e. The molecule has 1 saturated heterocycles. The summed E-state index contributed by atoms with van der Waals surface area (Å²) in [5, 5.41) is 6.82. The lowest BCUT2D eigenvalue weighted by Gasteiger charge is -2.34. The van der Waals surface area contributed by atoms with Crippen molar-refractivity contribution in [3.8, 4) is 0 Å². The number of carbonyl (C=O) groups is 1. The fourth-order valence-electron chi connectivity index (χ4n) is 2.86. The summed E-state index contributed by atoms with van der Waals surface area (Å²) >= 11 is 0. The van der Waals surface area contributed by atoms with E-state index in [2.05, 4.69) is 30.2 Å². The van der Waals surface area contributed by atoms with Crippen LogP contribution in [0.5, 0.6) is 0 Å². The average molecular weight is 329 g/mol. The Hall–Kier alpha value is -2.48. The van der Waals surface area contributed by atoms with Crippen molar-refractivity contribution in [2.45, 2.75) is 19.4 Å². The first-order valence-corrected chi connectivity index (χ1v) is 8.32. The molecule has 2 aromatic heterocycles. The Morgan fingerprint density at radius 2 is 1.83 bits per heavy atom. The van der Waals surface area contributed by atoms with Crippen LogP contribution in [-0.2, 0) is 11.3 Å². The van der Waals surface area contributed by atoms with Gasteiger partial charge >= 0.3 is 0 Å². The van der Waals surface area contributed by atoms with Gasteiger partial charge in [-0.3, -0.25) is 14.4 Å². The maximum atomic E-state index is 10.4. The monoisotopic (exact) mass is 329 g/mol. The van der Waals surface area contributed by atoms with Crippen LogP contribution in [0, 0.1) is 0 Å². The number of nitrogens with zero attached hydrogens (tertiary/aromatic N) is 6. The van der Waals surface area contributed by atoms with Crippen molar-refractivity contribution in [2.75, 3.05) is 42.9 Å². The first kappa shape index (κ1) is 16.4. The number of nitrogens with one attached hydrogen (secondary N) is 1. The number of aryl methyl sites for hydroxylation is 1. The van der Waals surface area contributed by atoms with Gasteiger partial charge in [-0.05, 0) is 25.5 Å². The molecular weight excluding hydrogens is 306 g/mol. The molecule has 8 heteroatoms. The Morgan fingerprint density at radius 3 is 2.58 bits per heavy atom. The van der Waals surface area contributed by atoms with Crippen LogP contribution in [0.15, 0.2) is 30.9 Å². The number of anilines is 2. The van der Waals surface area contributed by atoms with Gasteiger partial charge in [0.1, 0.15) is 0 Å². The van der Waals surface area contributed by atoms with Crippen LogP contribution in [0.4, 0.5) is 11.6 Å². The highest BCUT2D eigenvalue weighted by atomic mass is 16.1. The van der Waals surface area contributed by atoms with Crippen LogP contribution in [-0.4, -0.2) is 63.8 Å². The molecule has 0 spiro atoms. The van der Waals surface area contributed by atoms with Crippen molar-refractivity contribution in [3.05, 3.63) is 30.9 Å². The molecule has 0 radical (unpaired) electrons. The predicted octanol–water partition coefficient (Wildman–Crippen LogP) is 0.844. The quantitative estimate of drug-likeness (QED) is 0.571. The summed E-state index contributed by atoms with van der Waals surface area (Å²) in [5.74, 6) is 0.829. The summed E-state index contributed by atoms with van der Waals surface area (Å²) in [7, 11) is 0. The van der Waals surface area contributed by atoms with E-state index in [1.54, 1.807) is 18.6 Å². The Balaban J connectivity index is 1.32. The largest absolute Gasteiger partial charge is 0.338 e. The molecule has 0 aromatic carbocycles. The zero-order chi connectivity index (χ0) is 16.6. The van der Waals surface area contributed by atoms with Crippen molar-refractivity contribution >= 4 is 18.0 Å². The van der Waals surface area contributed by atoms with Crippen molar-refractivity contribution in [2.24, 2.45) is 0 Å². The second-order valence-corrected chi connectivity index (χ2v) is 5.84. The van der Waals surface area contributed by atoms with E-state index in [0.717, 1.165) is 63.7 Å². The normalized spacial score (nSPS) is 15.4. The fourth-order valence-corrected chi connectivity index (χ4v) is 2.86. The molecule has 0 atom stereocenters. The average Bonchev–Trinajstić information content (AvgIpc) is 3.08. The van der Waals surface area contributed by atoms with E-state index < -0.39 is 0 Å². The molecule has 0 unspecified atom stereocenters. The lowest BCUT2D eigenvalue weighted by molar-refractivity contribution is -0.105. The van der Waals surface area contributed by atoms with Gasteiger partial charge in [0.15, 0.2) is 0 Å². The third kappa shape index (κ3) is 4.51. The highest BCUT2D eigenvalue weighted by molar-refractivity contribution is 5.69. The molecule has 24 heavy (non-hydrogen) atoms. The van der Waals surface area contributed by atoms with E-state index in [1.807, 2.05) is 16.9 Å². The summed E-state index contributed by atoms with van der Waals surface area (Å²) in [6.45, 7) is 6.03. The van der Waals surface area contributed by atoms with E-state index in [0.29, 0.717) is 6.41 Å². The van der Waals surface area contributed by atoms with Gasteiger partial charge < -0.3 is 10.2 Å². The first-order valence-electron chi connectivity index (χ1n) is 8.32. The van der Waals surface area contributed by atoms with Crippen LogP contribution in [0.2, 0.25) is 0 Å². The Kier molecular flexibility index (Phi) is 5.73. The summed E-state index contributed by atoms with van der Waals surface area (Å²) in [4.78, 5) is 23.7. The minimum Gasteiger partial charge on any atom is -0.338 e. The van der Waals surface area contributed by atoms with Gasteiger partial charge in [0.25, 0.3) is 0 Å². The summed E-state index contributed by atoms with van der Waals surface area (Å²) in [6.07, 6.45) is 9.98. The Bertz CT molecular complexity index is 622. The second-order valence-electron chi connectivity index (χ2n) is 5.84. The van der Waals surface area contributed by atoms with Gasteiger partial charge in [-0.15, -0.1) is 0 Å². The smallest absolute Gasteiger partial charge is 0.225 e. The Morgan fingerprint density at radius 1 is 1.08 bits per heavy atom. The van der Waals surface area contributed by atoms with Crippen molar-refractivity contribution in [1.29, 1.82) is 0 Å². The number of aromatic nitrogens is 4. The van der Waals surface area contributed by atoms with Crippen LogP contribution >= 0.6 is 0 Å². The van der Waals surface area contributed by atoms with Gasteiger partial charge in [-0.25, -0.2) is 9.97 Å². The van der Waals surface area contributed by atoms with E-state index >= 15 is 0 Å². The number of piperazine rings is 1. The number of unbranched alkanes of at least 4 members (excludes halogenated alkanes) is 1. The second kappa shape index (κ2) is 8.39. The lowest BCUT2D eigenvalue weighted by Crippen LogP contribution is -2.47. The molecule has 8 nitrogen and oxygen atoms in total. The predicted molar refractivity (Wildman–Crippen MR) is 91.8 cm³/mol. The van der Waals surface area contributed by atoms with E-state index in [4.69, 9.17) is 0 Å². The number of amides is 1. The molecule has 0 aliphatic carbocycles. The third-order valence-electron chi connectivity index (χ3n) is 4.18. The van der Waals surface area contributed by atoms with Gasteiger partial charge in [0, 0.05) is 51.3 Å². The first-order chi connectivity index (χ1) is 11.8. The van der Waals surface area contributed by atoms with E-state index in [1.165, 1.54) is 0 Å². The zero-order valence-corrected chi connectivity index (χ0v) is 13.7. The molecule has 1 aliphatic heterocycles. The number of hydrogen-bond acceptors (Lipinski definition) is 6. The fraction of sp³-hybridized carbons (Fsp3) is 0.500. The summed E-state index contributed by atoms with van der Waals surface area (Å²) < 4.78 is 1.87. The SMILES string of the molecule is O=CNc1cnn(CCCCN2CCN(c3ncccn3)CC2)c1. The number of rotatable bonds is 8. The van der Waals surface area contributed by atoms with Crippen LogP contribution < -0.4 is 10.2 Å². The third-order valence-corrected chi connectivity index (χ3v) is 4.18. The summed E-state index contributed by atoms with van der Waals surface area (Å²) in [6, 6.07) is 1.84.